The Hall–Kier alpha value is -1.78. The van der Waals surface area contributed by atoms with Gasteiger partial charge in [0, 0.05) is 12.1 Å². The Balaban J connectivity index is 2.39. The van der Waals surface area contributed by atoms with Crippen molar-refractivity contribution in [1.82, 2.24) is 0 Å². The summed E-state index contributed by atoms with van der Waals surface area (Å²) in [6.45, 7) is 3.69. The van der Waals surface area contributed by atoms with Crippen molar-refractivity contribution in [3.63, 3.8) is 0 Å². The second kappa shape index (κ2) is 5.69. The highest BCUT2D eigenvalue weighted by Gasteiger charge is 2.21. The van der Waals surface area contributed by atoms with E-state index in [0.29, 0.717) is 11.1 Å². The molecule has 0 heterocycles. The maximum absolute atomic E-state index is 13.4. The lowest BCUT2D eigenvalue weighted by molar-refractivity contribution is 0.552. The molecule has 2 aromatic carbocycles. The summed E-state index contributed by atoms with van der Waals surface area (Å²) in [6.07, 6.45) is 0. The monoisotopic (exact) mass is 276 g/mol. The normalized spacial score (nSPS) is 14.1. The van der Waals surface area contributed by atoms with Crippen molar-refractivity contribution in [2.75, 3.05) is 0 Å². The Morgan fingerprint density at radius 1 is 0.750 bits per heavy atom. The lowest BCUT2D eigenvalue weighted by Crippen LogP contribution is -2.28. The van der Waals surface area contributed by atoms with Crippen LogP contribution in [0.15, 0.2) is 36.4 Å². The molecule has 0 spiro atoms. The third kappa shape index (κ3) is 2.86. The van der Waals surface area contributed by atoms with Gasteiger partial charge in [0.1, 0.15) is 11.6 Å². The van der Waals surface area contributed by atoms with Gasteiger partial charge in [0.15, 0.2) is 0 Å². The molecule has 2 nitrogen and oxygen atoms in total. The van der Waals surface area contributed by atoms with E-state index in [2.05, 4.69) is 0 Å². The summed E-state index contributed by atoms with van der Waals surface area (Å²) >= 11 is 0. The van der Waals surface area contributed by atoms with E-state index in [9.17, 15) is 8.78 Å². The van der Waals surface area contributed by atoms with Gasteiger partial charge in [0.2, 0.25) is 0 Å². The van der Waals surface area contributed by atoms with E-state index in [0.717, 1.165) is 11.1 Å². The zero-order valence-corrected chi connectivity index (χ0v) is 11.5. The van der Waals surface area contributed by atoms with Gasteiger partial charge in [-0.25, -0.2) is 8.78 Å². The molecule has 0 bridgehead atoms. The van der Waals surface area contributed by atoms with Crippen molar-refractivity contribution in [3.05, 3.63) is 70.3 Å². The molecular weight excluding hydrogens is 258 g/mol. The van der Waals surface area contributed by atoms with E-state index in [4.69, 9.17) is 11.5 Å². The van der Waals surface area contributed by atoms with Gasteiger partial charge in [-0.2, -0.15) is 0 Å². The van der Waals surface area contributed by atoms with Crippen LogP contribution in [0.5, 0.6) is 0 Å². The minimum atomic E-state index is -0.591. The number of rotatable bonds is 3. The standard InChI is InChI=1S/C16H18F2N2/c1-9-3-5-11(17)7-13(9)15(19)16(20)14-8-12(18)6-4-10(14)2/h3-8,15-16H,19-20H2,1-2H3. The van der Waals surface area contributed by atoms with Gasteiger partial charge in [0.05, 0.1) is 0 Å². The van der Waals surface area contributed by atoms with Gasteiger partial charge >= 0.3 is 0 Å². The van der Waals surface area contributed by atoms with Crippen LogP contribution in [0, 0.1) is 25.5 Å². The van der Waals surface area contributed by atoms with Crippen molar-refractivity contribution in [2.45, 2.75) is 25.9 Å². The molecule has 0 saturated heterocycles. The summed E-state index contributed by atoms with van der Waals surface area (Å²) in [5.41, 5.74) is 15.3. The van der Waals surface area contributed by atoms with Crippen molar-refractivity contribution in [3.8, 4) is 0 Å². The molecule has 0 aliphatic heterocycles. The predicted molar refractivity (Wildman–Crippen MR) is 76.1 cm³/mol. The number of benzene rings is 2. The van der Waals surface area contributed by atoms with Crippen LogP contribution in [0.25, 0.3) is 0 Å². The van der Waals surface area contributed by atoms with Crippen LogP contribution in [-0.4, -0.2) is 0 Å². The molecule has 0 radical (unpaired) electrons. The van der Waals surface area contributed by atoms with Gasteiger partial charge < -0.3 is 11.5 Å². The summed E-state index contributed by atoms with van der Waals surface area (Å²) in [5.74, 6) is -0.714. The molecule has 2 aromatic rings. The van der Waals surface area contributed by atoms with Crippen molar-refractivity contribution in [1.29, 1.82) is 0 Å². The lowest BCUT2D eigenvalue weighted by Gasteiger charge is -2.24. The molecule has 0 fully saturated rings. The van der Waals surface area contributed by atoms with Gasteiger partial charge in [-0.15, -0.1) is 0 Å². The topological polar surface area (TPSA) is 52.0 Å². The zero-order valence-electron chi connectivity index (χ0n) is 11.5. The molecule has 0 amide bonds. The highest BCUT2D eigenvalue weighted by atomic mass is 19.1. The van der Waals surface area contributed by atoms with Crippen LogP contribution >= 0.6 is 0 Å². The first-order chi connectivity index (χ1) is 9.40. The Bertz CT molecular complexity index is 570. The summed E-state index contributed by atoms with van der Waals surface area (Å²) in [7, 11) is 0. The number of halogens is 2. The number of aryl methyl sites for hydroxylation is 2. The fraction of sp³-hybridized carbons (Fsp3) is 0.250. The maximum atomic E-state index is 13.4. The van der Waals surface area contributed by atoms with Crippen LogP contribution < -0.4 is 11.5 Å². The SMILES string of the molecule is Cc1ccc(F)cc1C(N)C(N)c1cc(F)ccc1C. The van der Waals surface area contributed by atoms with E-state index >= 15 is 0 Å². The van der Waals surface area contributed by atoms with Gasteiger partial charge in [-0.1, -0.05) is 12.1 Å². The Morgan fingerprint density at radius 3 is 1.45 bits per heavy atom. The summed E-state index contributed by atoms with van der Waals surface area (Å²) < 4.78 is 26.7. The third-order valence-electron chi connectivity index (χ3n) is 3.59. The largest absolute Gasteiger partial charge is 0.322 e. The highest BCUT2D eigenvalue weighted by molar-refractivity contribution is 5.36. The Kier molecular flexibility index (Phi) is 4.16. The average Bonchev–Trinajstić information content (AvgIpc) is 2.42. The molecule has 0 saturated carbocycles. The predicted octanol–water partition coefficient (Wildman–Crippen LogP) is 3.28. The average molecular weight is 276 g/mol. The number of nitrogens with two attached hydrogens (primary N) is 2. The fourth-order valence-electron chi connectivity index (χ4n) is 2.33. The molecule has 2 rings (SSSR count). The molecule has 4 heteroatoms. The van der Waals surface area contributed by atoms with E-state index < -0.39 is 12.1 Å². The number of hydrogen-bond acceptors (Lipinski definition) is 2. The highest BCUT2D eigenvalue weighted by Crippen LogP contribution is 2.29. The zero-order chi connectivity index (χ0) is 14.9. The second-order valence-electron chi connectivity index (χ2n) is 5.05. The van der Waals surface area contributed by atoms with E-state index in [1.807, 2.05) is 13.8 Å². The van der Waals surface area contributed by atoms with E-state index in [1.165, 1.54) is 24.3 Å². The summed E-state index contributed by atoms with van der Waals surface area (Å²) in [5, 5.41) is 0. The lowest BCUT2D eigenvalue weighted by atomic mass is 9.90. The van der Waals surface area contributed by atoms with Crippen molar-refractivity contribution >= 4 is 0 Å². The number of hydrogen-bond donors (Lipinski definition) is 2. The summed E-state index contributed by atoms with van der Waals surface area (Å²) in [4.78, 5) is 0. The smallest absolute Gasteiger partial charge is 0.123 e. The van der Waals surface area contributed by atoms with Crippen LogP contribution in [-0.2, 0) is 0 Å². The van der Waals surface area contributed by atoms with Crippen LogP contribution in [0.4, 0.5) is 8.78 Å². The van der Waals surface area contributed by atoms with Crippen molar-refractivity contribution in [2.24, 2.45) is 11.5 Å². The molecule has 4 N–H and O–H groups in total. The van der Waals surface area contributed by atoms with E-state index in [1.54, 1.807) is 12.1 Å². The summed E-state index contributed by atoms with van der Waals surface area (Å²) in [6, 6.07) is 7.67. The maximum Gasteiger partial charge on any atom is 0.123 e. The molecule has 20 heavy (non-hydrogen) atoms. The van der Waals surface area contributed by atoms with Crippen molar-refractivity contribution < 1.29 is 8.78 Å². The Labute approximate surface area is 117 Å². The third-order valence-corrected chi connectivity index (χ3v) is 3.59. The minimum absolute atomic E-state index is 0.357. The molecule has 0 aliphatic carbocycles. The van der Waals surface area contributed by atoms with Crippen LogP contribution in [0.3, 0.4) is 0 Å². The van der Waals surface area contributed by atoms with Crippen LogP contribution in [0.2, 0.25) is 0 Å². The van der Waals surface area contributed by atoms with E-state index in [-0.39, 0.29) is 11.6 Å². The molecule has 0 aromatic heterocycles. The molecule has 106 valence electrons. The molecule has 2 atom stereocenters. The first-order valence-corrected chi connectivity index (χ1v) is 6.43. The first-order valence-electron chi connectivity index (χ1n) is 6.43. The Morgan fingerprint density at radius 2 is 1.10 bits per heavy atom. The van der Waals surface area contributed by atoms with Gasteiger partial charge in [0.25, 0.3) is 0 Å². The second-order valence-corrected chi connectivity index (χ2v) is 5.05. The van der Waals surface area contributed by atoms with Gasteiger partial charge in [-0.3, -0.25) is 0 Å². The molecule has 0 aliphatic rings. The molecular formula is C16H18F2N2. The molecule has 2 unspecified atom stereocenters. The fourth-order valence-corrected chi connectivity index (χ4v) is 2.33. The van der Waals surface area contributed by atoms with Crippen LogP contribution in [0.1, 0.15) is 34.3 Å². The minimum Gasteiger partial charge on any atom is -0.322 e. The quantitative estimate of drug-likeness (QED) is 0.904. The first kappa shape index (κ1) is 14.6. The van der Waals surface area contributed by atoms with Gasteiger partial charge in [-0.05, 0) is 60.4 Å².